The van der Waals surface area contributed by atoms with Crippen LogP contribution in [-0.2, 0) is 6.54 Å². The lowest BCUT2D eigenvalue weighted by atomic mass is 10.1. The van der Waals surface area contributed by atoms with E-state index in [4.69, 9.17) is 10.7 Å². The third-order valence-electron chi connectivity index (χ3n) is 3.93. The van der Waals surface area contributed by atoms with E-state index in [9.17, 15) is 0 Å². The molecule has 2 unspecified atom stereocenters. The van der Waals surface area contributed by atoms with Gasteiger partial charge in [0.1, 0.15) is 5.82 Å². The smallest absolute Gasteiger partial charge is 0.126 e. The molecule has 2 aliphatic rings. The number of hydrogen-bond acceptors (Lipinski definition) is 3. The zero-order chi connectivity index (χ0) is 11.1. The third-order valence-corrected chi connectivity index (χ3v) is 3.93. The molecule has 2 atom stereocenters. The fourth-order valence-corrected chi connectivity index (χ4v) is 2.98. The maximum atomic E-state index is 6.10. The maximum Gasteiger partial charge on any atom is 0.126 e. The Labute approximate surface area is 96.4 Å². The van der Waals surface area contributed by atoms with E-state index >= 15 is 0 Å². The van der Waals surface area contributed by atoms with Gasteiger partial charge in [0.25, 0.3) is 0 Å². The van der Waals surface area contributed by atoms with Crippen molar-refractivity contribution in [3.8, 4) is 0 Å². The van der Waals surface area contributed by atoms with Gasteiger partial charge in [0.2, 0.25) is 0 Å². The zero-order valence-electron chi connectivity index (χ0n) is 9.89. The van der Waals surface area contributed by atoms with Crippen molar-refractivity contribution in [1.29, 1.82) is 0 Å². The largest absolute Gasteiger partial charge is 0.333 e. The quantitative estimate of drug-likeness (QED) is 0.779. The predicted octanol–water partition coefficient (Wildman–Crippen LogP) is 1.44. The van der Waals surface area contributed by atoms with Gasteiger partial charge in [-0.3, -0.25) is 4.90 Å². The Kier molecular flexibility index (Phi) is 2.48. The highest BCUT2D eigenvalue weighted by Gasteiger charge is 2.27. The molecular weight excluding hydrogens is 200 g/mol. The summed E-state index contributed by atoms with van der Waals surface area (Å²) in [6.07, 6.45) is 7.01. The summed E-state index contributed by atoms with van der Waals surface area (Å²) in [5.41, 5.74) is 7.33. The van der Waals surface area contributed by atoms with Crippen molar-refractivity contribution in [3.63, 3.8) is 0 Å². The molecule has 0 bridgehead atoms. The first-order valence-electron chi connectivity index (χ1n) is 6.28. The van der Waals surface area contributed by atoms with Gasteiger partial charge < -0.3 is 10.3 Å². The Balaban J connectivity index is 1.91. The fourth-order valence-electron chi connectivity index (χ4n) is 2.98. The van der Waals surface area contributed by atoms with Gasteiger partial charge in [-0.1, -0.05) is 0 Å². The molecule has 1 aromatic rings. The minimum atomic E-state index is 0.147. The minimum Gasteiger partial charge on any atom is -0.333 e. The molecule has 3 heterocycles. The molecule has 0 radical (unpaired) electrons. The molecule has 1 aromatic heterocycles. The van der Waals surface area contributed by atoms with Crippen molar-refractivity contribution < 1.29 is 0 Å². The zero-order valence-corrected chi connectivity index (χ0v) is 9.89. The van der Waals surface area contributed by atoms with Gasteiger partial charge in [0.15, 0.2) is 0 Å². The monoisotopic (exact) mass is 220 g/mol. The van der Waals surface area contributed by atoms with Gasteiger partial charge in [0.05, 0.1) is 17.8 Å². The van der Waals surface area contributed by atoms with E-state index in [1.807, 2.05) is 0 Å². The molecule has 0 spiro atoms. The Morgan fingerprint density at radius 3 is 2.81 bits per heavy atom. The maximum absolute atomic E-state index is 6.10. The minimum absolute atomic E-state index is 0.147. The topological polar surface area (TPSA) is 47.1 Å². The van der Waals surface area contributed by atoms with E-state index in [1.165, 1.54) is 31.5 Å². The van der Waals surface area contributed by atoms with E-state index in [0.717, 1.165) is 18.8 Å². The second-order valence-electron chi connectivity index (χ2n) is 5.10. The first-order chi connectivity index (χ1) is 7.75. The molecule has 2 N–H and O–H groups in total. The predicted molar refractivity (Wildman–Crippen MR) is 63.0 cm³/mol. The summed E-state index contributed by atoms with van der Waals surface area (Å²) < 4.78 is 2.26. The highest BCUT2D eigenvalue weighted by Crippen LogP contribution is 2.32. The van der Waals surface area contributed by atoms with Gasteiger partial charge in [-0.2, -0.15) is 0 Å². The first-order valence-corrected chi connectivity index (χ1v) is 6.28. The molecule has 0 amide bonds. The summed E-state index contributed by atoms with van der Waals surface area (Å²) in [7, 11) is 2.19. The summed E-state index contributed by atoms with van der Waals surface area (Å²) >= 11 is 0. The summed E-state index contributed by atoms with van der Waals surface area (Å²) in [6.45, 7) is 2.28. The molecule has 1 fully saturated rings. The lowest BCUT2D eigenvalue weighted by molar-refractivity contribution is 0.312. The number of aryl methyl sites for hydroxylation is 1. The number of hydrogen-bond donors (Lipinski definition) is 1. The first kappa shape index (κ1) is 10.3. The third kappa shape index (κ3) is 1.57. The summed E-state index contributed by atoms with van der Waals surface area (Å²) in [5, 5.41) is 0. The van der Waals surface area contributed by atoms with Crippen molar-refractivity contribution in [1.82, 2.24) is 14.5 Å². The number of fused-ring (bicyclic) bond motifs is 1. The Hall–Kier alpha value is -0.870. The van der Waals surface area contributed by atoms with Gasteiger partial charge in [-0.15, -0.1) is 0 Å². The Morgan fingerprint density at radius 2 is 2.12 bits per heavy atom. The molecule has 2 aliphatic heterocycles. The standard InChI is InChI=1S/C12H20N4/c1-15-6-3-5-11(15)10-8-16-7-2-4-9(13)12(16)14-10/h8-9,11H,2-7,13H2,1H3. The molecular formula is C12H20N4. The van der Waals surface area contributed by atoms with E-state index in [-0.39, 0.29) is 6.04 Å². The molecule has 4 heteroatoms. The summed E-state index contributed by atoms with van der Waals surface area (Å²) in [5.74, 6) is 1.10. The van der Waals surface area contributed by atoms with Crippen molar-refractivity contribution in [2.75, 3.05) is 13.6 Å². The second kappa shape index (κ2) is 3.86. The van der Waals surface area contributed by atoms with Crippen molar-refractivity contribution >= 4 is 0 Å². The number of imidazole rings is 1. The molecule has 1 saturated heterocycles. The van der Waals surface area contributed by atoms with Crippen LogP contribution in [-0.4, -0.2) is 28.0 Å². The second-order valence-corrected chi connectivity index (χ2v) is 5.10. The highest BCUT2D eigenvalue weighted by molar-refractivity contribution is 5.14. The van der Waals surface area contributed by atoms with Crippen LogP contribution in [0.4, 0.5) is 0 Å². The summed E-state index contributed by atoms with van der Waals surface area (Å²) in [4.78, 5) is 7.16. The lowest BCUT2D eigenvalue weighted by Gasteiger charge is -2.19. The number of likely N-dealkylation sites (tertiary alicyclic amines) is 1. The summed E-state index contributed by atoms with van der Waals surface area (Å²) in [6, 6.07) is 0.666. The van der Waals surface area contributed by atoms with Crippen LogP contribution in [0.1, 0.15) is 49.3 Å². The molecule has 4 nitrogen and oxygen atoms in total. The van der Waals surface area contributed by atoms with Crippen LogP contribution in [0.5, 0.6) is 0 Å². The SMILES string of the molecule is CN1CCCC1c1cn2c(n1)C(N)CCC2. The molecule has 3 rings (SSSR count). The lowest BCUT2D eigenvalue weighted by Crippen LogP contribution is -2.21. The molecule has 16 heavy (non-hydrogen) atoms. The average Bonchev–Trinajstić information content (AvgIpc) is 2.84. The van der Waals surface area contributed by atoms with Crippen LogP contribution < -0.4 is 5.73 Å². The molecule has 0 saturated carbocycles. The normalized spacial score (nSPS) is 30.6. The number of rotatable bonds is 1. The van der Waals surface area contributed by atoms with Crippen LogP contribution in [0.2, 0.25) is 0 Å². The number of nitrogens with two attached hydrogens (primary N) is 1. The molecule has 0 aromatic carbocycles. The van der Waals surface area contributed by atoms with E-state index in [2.05, 4.69) is 22.7 Å². The Bertz CT molecular complexity index is 384. The van der Waals surface area contributed by atoms with E-state index in [1.54, 1.807) is 0 Å². The van der Waals surface area contributed by atoms with E-state index < -0.39 is 0 Å². The van der Waals surface area contributed by atoms with Gasteiger partial charge in [-0.05, 0) is 39.3 Å². The molecule has 0 aliphatic carbocycles. The number of aromatic nitrogens is 2. The Morgan fingerprint density at radius 1 is 1.31 bits per heavy atom. The van der Waals surface area contributed by atoms with Crippen molar-refractivity contribution in [2.45, 2.75) is 44.3 Å². The van der Waals surface area contributed by atoms with E-state index in [0.29, 0.717) is 6.04 Å². The van der Waals surface area contributed by atoms with Crippen LogP contribution in [0.25, 0.3) is 0 Å². The van der Waals surface area contributed by atoms with Gasteiger partial charge >= 0.3 is 0 Å². The average molecular weight is 220 g/mol. The van der Waals surface area contributed by atoms with Crippen LogP contribution in [0.3, 0.4) is 0 Å². The van der Waals surface area contributed by atoms with Gasteiger partial charge in [-0.25, -0.2) is 4.98 Å². The van der Waals surface area contributed by atoms with Crippen LogP contribution in [0, 0.1) is 0 Å². The highest BCUT2D eigenvalue weighted by atomic mass is 15.2. The number of nitrogens with zero attached hydrogens (tertiary/aromatic N) is 3. The van der Waals surface area contributed by atoms with Crippen molar-refractivity contribution in [2.24, 2.45) is 5.73 Å². The van der Waals surface area contributed by atoms with Crippen LogP contribution in [0.15, 0.2) is 6.20 Å². The van der Waals surface area contributed by atoms with Crippen LogP contribution >= 0.6 is 0 Å². The van der Waals surface area contributed by atoms with Gasteiger partial charge in [0, 0.05) is 12.7 Å². The molecule has 88 valence electrons. The van der Waals surface area contributed by atoms with Crippen molar-refractivity contribution in [3.05, 3.63) is 17.7 Å². The fraction of sp³-hybridized carbons (Fsp3) is 0.750.